The van der Waals surface area contributed by atoms with Crippen molar-refractivity contribution >= 4 is 10.0 Å². The van der Waals surface area contributed by atoms with Gasteiger partial charge in [0.05, 0.1) is 4.90 Å². The second-order valence-corrected chi connectivity index (χ2v) is 7.25. The van der Waals surface area contributed by atoms with Gasteiger partial charge in [0.15, 0.2) is 0 Å². The third kappa shape index (κ3) is 4.11. The molecule has 2 rings (SSSR count). The van der Waals surface area contributed by atoms with Gasteiger partial charge in [-0.1, -0.05) is 0 Å². The normalized spacial score (nSPS) is 24.2. The maximum absolute atomic E-state index is 12.5. The monoisotopic (exact) mass is 338 g/mol. The minimum absolute atomic E-state index is 0.00589. The number of halogens is 3. The topological polar surface area (TPSA) is 58.6 Å². The Morgan fingerprint density at radius 2 is 1.64 bits per heavy atom. The average molecular weight is 338 g/mol. The molecule has 0 saturated carbocycles. The number of nitrogens with one attached hydrogen (secondary N) is 1. The Labute approximate surface area is 127 Å². The highest BCUT2D eigenvalue weighted by Crippen LogP contribution is 2.25. The fraction of sp³-hybridized carbons (Fsp3) is 0.538. The highest BCUT2D eigenvalue weighted by molar-refractivity contribution is 7.89. The van der Waals surface area contributed by atoms with Crippen LogP contribution in [0.3, 0.4) is 0 Å². The second kappa shape index (κ2) is 6.05. The summed E-state index contributed by atoms with van der Waals surface area (Å²) in [6.07, 6.45) is -4.80. The maximum atomic E-state index is 12.5. The van der Waals surface area contributed by atoms with Crippen molar-refractivity contribution in [2.24, 2.45) is 0 Å². The summed E-state index contributed by atoms with van der Waals surface area (Å²) in [6, 6.07) is 4.24. The second-order valence-electron chi connectivity index (χ2n) is 5.31. The molecule has 0 radical (unpaired) electrons. The zero-order valence-electron chi connectivity index (χ0n) is 12.1. The molecular weight excluding hydrogens is 321 g/mol. The van der Waals surface area contributed by atoms with Gasteiger partial charge in [0.1, 0.15) is 5.75 Å². The molecule has 1 aliphatic rings. The Kier molecular flexibility index (Phi) is 4.69. The van der Waals surface area contributed by atoms with Gasteiger partial charge in [-0.05, 0) is 38.1 Å². The molecule has 2 atom stereocenters. The van der Waals surface area contributed by atoms with Gasteiger partial charge in [-0.25, -0.2) is 8.42 Å². The number of nitrogens with zero attached hydrogens (tertiary/aromatic N) is 1. The Balaban J connectivity index is 2.19. The van der Waals surface area contributed by atoms with E-state index in [1.807, 2.05) is 13.8 Å². The fourth-order valence-corrected chi connectivity index (χ4v) is 4.05. The summed E-state index contributed by atoms with van der Waals surface area (Å²) in [4.78, 5) is -0.0525. The molecule has 0 amide bonds. The van der Waals surface area contributed by atoms with Crippen molar-refractivity contribution < 1.29 is 26.3 Å². The average Bonchev–Trinajstić information content (AvgIpc) is 2.36. The quantitative estimate of drug-likeness (QED) is 0.915. The van der Waals surface area contributed by atoms with E-state index in [4.69, 9.17) is 0 Å². The summed E-state index contributed by atoms with van der Waals surface area (Å²) in [5.74, 6) is -0.450. The number of alkyl halides is 3. The van der Waals surface area contributed by atoms with E-state index in [1.165, 1.54) is 4.31 Å². The summed E-state index contributed by atoms with van der Waals surface area (Å²) < 4.78 is 66.4. The molecule has 1 aromatic carbocycles. The third-order valence-corrected chi connectivity index (χ3v) is 5.06. The lowest BCUT2D eigenvalue weighted by Gasteiger charge is -2.35. The largest absolute Gasteiger partial charge is 0.573 e. The highest BCUT2D eigenvalue weighted by Gasteiger charge is 2.33. The Bertz CT molecular complexity index is 606. The molecule has 0 spiro atoms. The van der Waals surface area contributed by atoms with Gasteiger partial charge in [0.2, 0.25) is 10.0 Å². The zero-order valence-corrected chi connectivity index (χ0v) is 12.9. The van der Waals surface area contributed by atoms with E-state index in [0.717, 1.165) is 24.3 Å². The van der Waals surface area contributed by atoms with Crippen molar-refractivity contribution in [1.29, 1.82) is 0 Å². The number of benzene rings is 1. The summed E-state index contributed by atoms with van der Waals surface area (Å²) in [5.41, 5.74) is 0. The van der Waals surface area contributed by atoms with Gasteiger partial charge in [-0.3, -0.25) is 0 Å². The predicted molar refractivity (Wildman–Crippen MR) is 73.9 cm³/mol. The van der Waals surface area contributed by atoms with Crippen molar-refractivity contribution in [3.8, 4) is 5.75 Å². The minimum atomic E-state index is -4.80. The van der Waals surface area contributed by atoms with E-state index in [2.05, 4.69) is 10.1 Å². The van der Waals surface area contributed by atoms with Crippen LogP contribution < -0.4 is 10.1 Å². The molecule has 0 unspecified atom stereocenters. The van der Waals surface area contributed by atoms with Crippen LogP contribution in [0.25, 0.3) is 0 Å². The smallest absolute Gasteiger partial charge is 0.406 e. The van der Waals surface area contributed by atoms with E-state index >= 15 is 0 Å². The van der Waals surface area contributed by atoms with Crippen molar-refractivity contribution in [2.75, 3.05) is 13.1 Å². The number of hydrogen-bond donors (Lipinski definition) is 1. The van der Waals surface area contributed by atoms with Crippen LogP contribution in [0.15, 0.2) is 29.2 Å². The standard InChI is InChI=1S/C13H17F3N2O3S/c1-9-7-18(8-10(2)17-9)22(19,20)12-5-3-11(4-6-12)21-13(14,15)16/h3-6,9-10,17H,7-8H2,1-2H3/t9-,10+. The molecule has 124 valence electrons. The lowest BCUT2D eigenvalue weighted by atomic mass is 10.2. The van der Waals surface area contributed by atoms with Crippen LogP contribution in [-0.4, -0.2) is 44.3 Å². The first-order chi connectivity index (χ1) is 10.1. The molecule has 1 heterocycles. The molecular formula is C13H17F3N2O3S. The van der Waals surface area contributed by atoms with Gasteiger partial charge in [-0.15, -0.1) is 13.2 Å². The third-order valence-electron chi connectivity index (χ3n) is 3.22. The lowest BCUT2D eigenvalue weighted by Crippen LogP contribution is -2.55. The number of ether oxygens (including phenoxy) is 1. The molecule has 22 heavy (non-hydrogen) atoms. The number of hydrogen-bond acceptors (Lipinski definition) is 4. The first-order valence-electron chi connectivity index (χ1n) is 6.70. The van der Waals surface area contributed by atoms with Gasteiger partial charge < -0.3 is 10.1 Å². The van der Waals surface area contributed by atoms with Gasteiger partial charge in [-0.2, -0.15) is 4.31 Å². The van der Waals surface area contributed by atoms with Crippen molar-refractivity contribution in [1.82, 2.24) is 9.62 Å². The van der Waals surface area contributed by atoms with Crippen LogP contribution in [0.1, 0.15) is 13.8 Å². The first-order valence-corrected chi connectivity index (χ1v) is 8.14. The Hall–Kier alpha value is -1.32. The SMILES string of the molecule is C[C@@H]1CN(S(=O)(=O)c2ccc(OC(F)(F)F)cc2)C[C@H](C)N1. The maximum Gasteiger partial charge on any atom is 0.573 e. The Morgan fingerprint density at radius 1 is 1.14 bits per heavy atom. The van der Waals surface area contributed by atoms with Crippen LogP contribution in [-0.2, 0) is 10.0 Å². The van der Waals surface area contributed by atoms with Crippen LogP contribution in [0.2, 0.25) is 0 Å². The summed E-state index contributed by atoms with van der Waals surface area (Å²) in [6.45, 7) is 4.37. The van der Waals surface area contributed by atoms with E-state index in [1.54, 1.807) is 0 Å². The molecule has 1 saturated heterocycles. The van der Waals surface area contributed by atoms with Crippen LogP contribution in [0.4, 0.5) is 13.2 Å². The number of piperazine rings is 1. The number of rotatable bonds is 3. The molecule has 0 aliphatic carbocycles. The van der Waals surface area contributed by atoms with E-state index in [-0.39, 0.29) is 17.0 Å². The molecule has 0 bridgehead atoms. The van der Waals surface area contributed by atoms with Gasteiger partial charge >= 0.3 is 6.36 Å². The molecule has 0 aromatic heterocycles. The zero-order chi connectivity index (χ0) is 16.5. The molecule has 9 heteroatoms. The lowest BCUT2D eigenvalue weighted by molar-refractivity contribution is -0.274. The molecule has 5 nitrogen and oxygen atoms in total. The van der Waals surface area contributed by atoms with Gasteiger partial charge in [0.25, 0.3) is 0 Å². The van der Waals surface area contributed by atoms with Crippen molar-refractivity contribution in [3.05, 3.63) is 24.3 Å². The number of sulfonamides is 1. The van der Waals surface area contributed by atoms with Crippen LogP contribution >= 0.6 is 0 Å². The van der Waals surface area contributed by atoms with Crippen molar-refractivity contribution in [3.63, 3.8) is 0 Å². The Morgan fingerprint density at radius 3 is 2.09 bits per heavy atom. The van der Waals surface area contributed by atoms with E-state index in [0.29, 0.717) is 13.1 Å². The van der Waals surface area contributed by atoms with E-state index in [9.17, 15) is 21.6 Å². The van der Waals surface area contributed by atoms with Gasteiger partial charge in [0, 0.05) is 25.2 Å². The fourth-order valence-electron chi connectivity index (χ4n) is 2.44. The summed E-state index contributed by atoms with van der Waals surface area (Å²) in [7, 11) is -3.73. The first kappa shape index (κ1) is 17.0. The summed E-state index contributed by atoms with van der Waals surface area (Å²) >= 11 is 0. The van der Waals surface area contributed by atoms with Crippen LogP contribution in [0.5, 0.6) is 5.75 Å². The van der Waals surface area contributed by atoms with Crippen LogP contribution in [0, 0.1) is 0 Å². The minimum Gasteiger partial charge on any atom is -0.406 e. The molecule has 1 fully saturated rings. The molecule has 1 aliphatic heterocycles. The van der Waals surface area contributed by atoms with Crippen molar-refractivity contribution in [2.45, 2.75) is 37.2 Å². The van der Waals surface area contributed by atoms with E-state index < -0.39 is 22.1 Å². The molecule has 1 N–H and O–H groups in total. The predicted octanol–water partition coefficient (Wildman–Crippen LogP) is 1.96. The summed E-state index contributed by atoms with van der Waals surface area (Å²) in [5, 5.41) is 3.22. The highest BCUT2D eigenvalue weighted by atomic mass is 32.2. The molecule has 1 aromatic rings.